The third-order valence-electron chi connectivity index (χ3n) is 6.08. The number of aliphatic hydroxyl groups is 1. The van der Waals surface area contributed by atoms with Crippen LogP contribution in [0.1, 0.15) is 49.1 Å². The van der Waals surface area contributed by atoms with Gasteiger partial charge in [-0.25, -0.2) is 0 Å². The number of amides is 1. The van der Waals surface area contributed by atoms with Crippen molar-refractivity contribution in [2.24, 2.45) is 0 Å². The molecule has 1 N–H and O–H groups in total. The molecule has 2 aromatic carbocycles. The van der Waals surface area contributed by atoms with Crippen LogP contribution >= 0.6 is 11.6 Å². The molecule has 4 rings (SSSR count). The SMILES string of the molecule is COc1ccc(/C(O)=C2/C(=O)C(=O)N(Cc3cccnc3)C2c2ccc(Cl)cc2)cc1C(C)(C)C. The van der Waals surface area contributed by atoms with Crippen molar-refractivity contribution in [3.05, 3.63) is 99.8 Å². The maximum absolute atomic E-state index is 13.3. The van der Waals surface area contributed by atoms with Gasteiger partial charge in [-0.2, -0.15) is 0 Å². The Hall–Kier alpha value is -3.64. The summed E-state index contributed by atoms with van der Waals surface area (Å²) in [6.45, 7) is 6.28. The summed E-state index contributed by atoms with van der Waals surface area (Å²) in [5.74, 6) is -0.968. The van der Waals surface area contributed by atoms with Crippen molar-refractivity contribution in [2.75, 3.05) is 7.11 Å². The third kappa shape index (κ3) is 4.80. The van der Waals surface area contributed by atoms with Crippen LogP contribution in [-0.2, 0) is 21.5 Å². The van der Waals surface area contributed by atoms with Crippen molar-refractivity contribution in [1.29, 1.82) is 0 Å². The zero-order valence-electron chi connectivity index (χ0n) is 20.1. The summed E-state index contributed by atoms with van der Waals surface area (Å²) in [5.41, 5.74) is 2.51. The summed E-state index contributed by atoms with van der Waals surface area (Å²) in [6.07, 6.45) is 3.29. The van der Waals surface area contributed by atoms with Gasteiger partial charge >= 0.3 is 0 Å². The molecule has 180 valence electrons. The van der Waals surface area contributed by atoms with Crippen LogP contribution in [0, 0.1) is 0 Å². The molecule has 35 heavy (non-hydrogen) atoms. The Morgan fingerprint density at radius 1 is 1.11 bits per heavy atom. The molecule has 1 aromatic heterocycles. The molecular weight excluding hydrogens is 464 g/mol. The first-order chi connectivity index (χ1) is 16.6. The number of Topliss-reactive ketones (excluding diaryl/α,β-unsaturated/α-hetero) is 1. The minimum atomic E-state index is -0.785. The number of hydrogen-bond donors (Lipinski definition) is 1. The van der Waals surface area contributed by atoms with Gasteiger partial charge in [-0.05, 0) is 52.9 Å². The Labute approximate surface area is 209 Å². The zero-order chi connectivity index (χ0) is 25.3. The Kier molecular flexibility index (Phi) is 6.68. The van der Waals surface area contributed by atoms with Crippen LogP contribution in [0.3, 0.4) is 0 Å². The van der Waals surface area contributed by atoms with Gasteiger partial charge in [-0.1, -0.05) is 50.6 Å². The van der Waals surface area contributed by atoms with E-state index in [9.17, 15) is 14.7 Å². The highest BCUT2D eigenvalue weighted by molar-refractivity contribution is 6.46. The molecule has 6 nitrogen and oxygen atoms in total. The molecule has 1 aliphatic heterocycles. The lowest BCUT2D eigenvalue weighted by Crippen LogP contribution is -2.29. The second kappa shape index (κ2) is 9.55. The molecule has 1 amide bonds. The van der Waals surface area contributed by atoms with Gasteiger partial charge in [0.25, 0.3) is 11.7 Å². The summed E-state index contributed by atoms with van der Waals surface area (Å²) >= 11 is 6.10. The van der Waals surface area contributed by atoms with Gasteiger partial charge in [0.1, 0.15) is 11.5 Å². The average Bonchev–Trinajstić information content (AvgIpc) is 3.08. The van der Waals surface area contributed by atoms with E-state index in [0.717, 1.165) is 11.1 Å². The number of aliphatic hydroxyl groups excluding tert-OH is 1. The first-order valence-electron chi connectivity index (χ1n) is 11.2. The van der Waals surface area contributed by atoms with Crippen molar-refractivity contribution < 1.29 is 19.4 Å². The number of carbonyl (C=O) groups is 2. The molecule has 1 aliphatic rings. The Balaban J connectivity index is 1.89. The van der Waals surface area contributed by atoms with Crippen molar-refractivity contribution in [3.63, 3.8) is 0 Å². The fourth-order valence-electron chi connectivity index (χ4n) is 4.32. The van der Waals surface area contributed by atoms with E-state index in [0.29, 0.717) is 21.9 Å². The number of carbonyl (C=O) groups excluding carboxylic acids is 2. The number of aromatic nitrogens is 1. The molecular formula is C28H27ClN2O4. The van der Waals surface area contributed by atoms with Crippen LogP contribution < -0.4 is 4.74 Å². The van der Waals surface area contributed by atoms with Gasteiger partial charge in [0, 0.05) is 35.1 Å². The minimum absolute atomic E-state index is 0.0336. The van der Waals surface area contributed by atoms with Crippen molar-refractivity contribution >= 4 is 29.1 Å². The molecule has 1 unspecified atom stereocenters. The van der Waals surface area contributed by atoms with E-state index in [1.807, 2.05) is 32.9 Å². The second-order valence-electron chi connectivity index (χ2n) is 9.50. The highest BCUT2D eigenvalue weighted by atomic mass is 35.5. The number of benzene rings is 2. The zero-order valence-corrected chi connectivity index (χ0v) is 20.8. The van der Waals surface area contributed by atoms with Gasteiger partial charge in [-0.15, -0.1) is 0 Å². The van der Waals surface area contributed by atoms with E-state index in [4.69, 9.17) is 16.3 Å². The summed E-state index contributed by atoms with van der Waals surface area (Å²) in [6, 6.07) is 15.0. The smallest absolute Gasteiger partial charge is 0.295 e. The van der Waals surface area contributed by atoms with Crippen LogP contribution in [0.15, 0.2) is 72.6 Å². The maximum atomic E-state index is 13.3. The van der Waals surface area contributed by atoms with Gasteiger partial charge in [0.2, 0.25) is 0 Å². The Morgan fingerprint density at radius 3 is 2.43 bits per heavy atom. The molecule has 1 fully saturated rings. The van der Waals surface area contributed by atoms with Crippen LogP contribution in [0.4, 0.5) is 0 Å². The molecule has 3 aromatic rings. The van der Waals surface area contributed by atoms with Gasteiger partial charge in [0.15, 0.2) is 0 Å². The van der Waals surface area contributed by atoms with Gasteiger partial charge < -0.3 is 14.7 Å². The molecule has 1 saturated heterocycles. The number of nitrogens with zero attached hydrogens (tertiary/aromatic N) is 2. The monoisotopic (exact) mass is 490 g/mol. The van der Waals surface area contributed by atoms with Gasteiger partial charge in [0.05, 0.1) is 18.7 Å². The van der Waals surface area contributed by atoms with Crippen molar-refractivity contribution in [2.45, 2.75) is 38.8 Å². The molecule has 1 atom stereocenters. The first-order valence-corrected chi connectivity index (χ1v) is 11.6. The lowest BCUT2D eigenvalue weighted by Gasteiger charge is -2.26. The average molecular weight is 491 g/mol. The van der Waals surface area contributed by atoms with E-state index in [-0.39, 0.29) is 23.3 Å². The van der Waals surface area contributed by atoms with Crippen LogP contribution in [0.2, 0.25) is 5.02 Å². The molecule has 0 radical (unpaired) electrons. The number of rotatable bonds is 5. The highest BCUT2D eigenvalue weighted by Gasteiger charge is 2.46. The van der Waals surface area contributed by atoms with E-state index in [1.54, 1.807) is 62.0 Å². The lowest BCUT2D eigenvalue weighted by atomic mass is 9.84. The fraction of sp³-hybridized carbons (Fsp3) is 0.250. The predicted octanol–water partition coefficient (Wildman–Crippen LogP) is 5.66. The number of ether oxygens (including phenoxy) is 1. The largest absolute Gasteiger partial charge is 0.507 e. The number of hydrogen-bond acceptors (Lipinski definition) is 5. The van der Waals surface area contributed by atoms with E-state index < -0.39 is 17.7 Å². The normalized spacial score (nSPS) is 17.6. The number of ketones is 1. The van der Waals surface area contributed by atoms with E-state index in [1.165, 1.54) is 4.90 Å². The Bertz CT molecular complexity index is 1290. The first kappa shape index (κ1) is 24.5. The molecule has 0 spiro atoms. The summed E-state index contributed by atoms with van der Waals surface area (Å²) in [7, 11) is 1.59. The standard InChI is InChI=1S/C28H27ClN2O4/c1-28(2,3)21-14-19(9-12-22(21)35-4)25(32)23-24(18-7-10-20(29)11-8-18)31(27(34)26(23)33)16-17-6-5-13-30-15-17/h5-15,24,32H,16H2,1-4H3/b25-23-. The summed E-state index contributed by atoms with van der Waals surface area (Å²) in [4.78, 5) is 32.1. The lowest BCUT2D eigenvalue weighted by molar-refractivity contribution is -0.140. The number of halogens is 1. The van der Waals surface area contributed by atoms with Crippen LogP contribution in [-0.4, -0.2) is 33.8 Å². The topological polar surface area (TPSA) is 79.7 Å². The van der Waals surface area contributed by atoms with E-state index >= 15 is 0 Å². The molecule has 7 heteroatoms. The highest BCUT2D eigenvalue weighted by Crippen LogP contribution is 2.41. The molecule has 0 saturated carbocycles. The van der Waals surface area contributed by atoms with E-state index in [2.05, 4.69) is 4.98 Å². The number of likely N-dealkylation sites (tertiary alicyclic amines) is 1. The van der Waals surface area contributed by atoms with Crippen molar-refractivity contribution in [3.8, 4) is 5.75 Å². The van der Waals surface area contributed by atoms with Gasteiger partial charge in [-0.3, -0.25) is 14.6 Å². The predicted molar refractivity (Wildman–Crippen MR) is 135 cm³/mol. The number of pyridine rings is 1. The maximum Gasteiger partial charge on any atom is 0.295 e. The minimum Gasteiger partial charge on any atom is -0.507 e. The number of methoxy groups -OCH3 is 1. The third-order valence-corrected chi connectivity index (χ3v) is 6.33. The molecule has 0 bridgehead atoms. The molecule has 0 aliphatic carbocycles. The van der Waals surface area contributed by atoms with Crippen LogP contribution in [0.5, 0.6) is 5.75 Å². The second-order valence-corrected chi connectivity index (χ2v) is 9.94. The quantitative estimate of drug-likeness (QED) is 0.283. The molecule has 2 heterocycles. The summed E-state index contributed by atoms with van der Waals surface area (Å²) < 4.78 is 5.51. The van der Waals surface area contributed by atoms with Crippen LogP contribution in [0.25, 0.3) is 5.76 Å². The van der Waals surface area contributed by atoms with Crippen molar-refractivity contribution in [1.82, 2.24) is 9.88 Å². The Morgan fingerprint density at radius 2 is 1.83 bits per heavy atom. The summed E-state index contributed by atoms with van der Waals surface area (Å²) in [5, 5.41) is 12.0. The fourth-order valence-corrected chi connectivity index (χ4v) is 4.45.